The minimum Gasteiger partial charge on any atom is -0.379 e. The molecule has 1 saturated carbocycles. The standard InChI is InChI=1S/C18H29N3O2/c1-2-19-18(21-11-13-23-15-17-8-9-17)20-10-12-22-14-16-6-4-3-5-7-16/h3-7,17H,2,8-15H2,1H3,(H2,19,20,21). The van der Waals surface area contributed by atoms with Crippen LogP contribution in [0.3, 0.4) is 0 Å². The van der Waals surface area contributed by atoms with Crippen LogP contribution < -0.4 is 10.6 Å². The zero-order valence-electron chi connectivity index (χ0n) is 14.1. The van der Waals surface area contributed by atoms with E-state index >= 15 is 0 Å². The molecule has 1 aliphatic carbocycles. The molecular weight excluding hydrogens is 290 g/mol. The van der Waals surface area contributed by atoms with Crippen LogP contribution in [-0.2, 0) is 16.1 Å². The van der Waals surface area contributed by atoms with Crippen LogP contribution in [0.2, 0.25) is 0 Å². The lowest BCUT2D eigenvalue weighted by atomic mass is 10.2. The van der Waals surface area contributed by atoms with Crippen molar-refractivity contribution < 1.29 is 9.47 Å². The maximum atomic E-state index is 5.65. The van der Waals surface area contributed by atoms with Gasteiger partial charge in [-0.15, -0.1) is 0 Å². The number of aliphatic imine (C=N–C) groups is 1. The van der Waals surface area contributed by atoms with Crippen LogP contribution in [0, 0.1) is 5.92 Å². The van der Waals surface area contributed by atoms with E-state index in [1.165, 1.54) is 18.4 Å². The van der Waals surface area contributed by atoms with Crippen molar-refractivity contribution in [2.75, 3.05) is 39.5 Å². The fourth-order valence-corrected chi connectivity index (χ4v) is 2.10. The van der Waals surface area contributed by atoms with E-state index in [-0.39, 0.29) is 0 Å². The van der Waals surface area contributed by atoms with E-state index in [2.05, 4.69) is 34.7 Å². The van der Waals surface area contributed by atoms with Crippen molar-refractivity contribution in [2.45, 2.75) is 26.4 Å². The predicted octanol–water partition coefficient (Wildman–Crippen LogP) is 2.18. The van der Waals surface area contributed by atoms with Crippen molar-refractivity contribution in [1.29, 1.82) is 0 Å². The lowest BCUT2D eigenvalue weighted by Gasteiger charge is -2.11. The van der Waals surface area contributed by atoms with Gasteiger partial charge in [0.15, 0.2) is 5.96 Å². The molecular formula is C18H29N3O2. The maximum absolute atomic E-state index is 5.65. The number of hydrogen-bond donors (Lipinski definition) is 2. The third-order valence-electron chi connectivity index (χ3n) is 3.55. The number of guanidine groups is 1. The Labute approximate surface area is 139 Å². The molecule has 5 nitrogen and oxygen atoms in total. The summed E-state index contributed by atoms with van der Waals surface area (Å²) in [6.45, 7) is 7.22. The van der Waals surface area contributed by atoms with Gasteiger partial charge in [-0.2, -0.15) is 0 Å². The zero-order chi connectivity index (χ0) is 16.2. The van der Waals surface area contributed by atoms with Crippen LogP contribution in [0.25, 0.3) is 0 Å². The molecule has 0 aromatic heterocycles. The van der Waals surface area contributed by atoms with E-state index in [1.807, 2.05) is 18.2 Å². The molecule has 0 amide bonds. The van der Waals surface area contributed by atoms with Crippen LogP contribution in [-0.4, -0.2) is 45.4 Å². The number of benzene rings is 1. The highest BCUT2D eigenvalue weighted by molar-refractivity contribution is 5.79. The molecule has 0 aliphatic heterocycles. The summed E-state index contributed by atoms with van der Waals surface area (Å²) in [5.41, 5.74) is 1.20. The summed E-state index contributed by atoms with van der Waals surface area (Å²) in [6, 6.07) is 10.2. The van der Waals surface area contributed by atoms with Gasteiger partial charge < -0.3 is 20.1 Å². The second-order valence-electron chi connectivity index (χ2n) is 5.74. The van der Waals surface area contributed by atoms with Gasteiger partial charge in [-0.05, 0) is 31.2 Å². The van der Waals surface area contributed by atoms with Gasteiger partial charge in [-0.25, -0.2) is 0 Å². The smallest absolute Gasteiger partial charge is 0.191 e. The molecule has 1 aliphatic rings. The van der Waals surface area contributed by atoms with Gasteiger partial charge in [-0.1, -0.05) is 30.3 Å². The van der Waals surface area contributed by atoms with Gasteiger partial charge in [0.2, 0.25) is 0 Å². The van der Waals surface area contributed by atoms with Gasteiger partial charge in [-0.3, -0.25) is 4.99 Å². The molecule has 1 aromatic rings. The second-order valence-corrected chi connectivity index (χ2v) is 5.74. The van der Waals surface area contributed by atoms with E-state index < -0.39 is 0 Å². The Morgan fingerprint density at radius 1 is 1.13 bits per heavy atom. The number of rotatable bonds is 11. The Hall–Kier alpha value is -1.59. The molecule has 0 heterocycles. The highest BCUT2D eigenvalue weighted by Gasteiger charge is 2.20. The first-order chi connectivity index (χ1) is 11.4. The average Bonchev–Trinajstić information content (AvgIpc) is 3.39. The fourth-order valence-electron chi connectivity index (χ4n) is 2.10. The quantitative estimate of drug-likeness (QED) is 0.373. The molecule has 2 rings (SSSR count). The molecule has 2 N–H and O–H groups in total. The monoisotopic (exact) mass is 319 g/mol. The van der Waals surface area contributed by atoms with Gasteiger partial charge in [0.25, 0.3) is 0 Å². The topological polar surface area (TPSA) is 54.9 Å². The van der Waals surface area contributed by atoms with Crippen molar-refractivity contribution in [3.63, 3.8) is 0 Å². The molecule has 5 heteroatoms. The third-order valence-corrected chi connectivity index (χ3v) is 3.55. The van der Waals surface area contributed by atoms with Crippen LogP contribution in [0.1, 0.15) is 25.3 Å². The largest absolute Gasteiger partial charge is 0.379 e. The van der Waals surface area contributed by atoms with Crippen molar-refractivity contribution in [3.8, 4) is 0 Å². The average molecular weight is 319 g/mol. The summed E-state index contributed by atoms with van der Waals surface area (Å²) in [5.74, 6) is 1.64. The summed E-state index contributed by atoms with van der Waals surface area (Å²) in [6.07, 6.45) is 2.66. The number of nitrogens with one attached hydrogen (secondary N) is 2. The summed E-state index contributed by atoms with van der Waals surface area (Å²) in [4.78, 5) is 4.50. The SMILES string of the molecule is CCNC(=NCCOCC1CC1)NCCOCc1ccccc1. The van der Waals surface area contributed by atoms with E-state index in [1.54, 1.807) is 0 Å². The van der Waals surface area contributed by atoms with Gasteiger partial charge in [0.1, 0.15) is 0 Å². The Balaban J connectivity index is 1.53. The summed E-state index contributed by atoms with van der Waals surface area (Å²) >= 11 is 0. The van der Waals surface area contributed by atoms with E-state index in [0.29, 0.717) is 26.4 Å². The number of ether oxygens (including phenoxy) is 2. The minimum atomic E-state index is 0.644. The molecule has 23 heavy (non-hydrogen) atoms. The zero-order valence-corrected chi connectivity index (χ0v) is 14.1. The summed E-state index contributed by atoms with van der Waals surface area (Å²) < 4.78 is 11.2. The Morgan fingerprint density at radius 2 is 1.96 bits per heavy atom. The van der Waals surface area contributed by atoms with Gasteiger partial charge in [0.05, 0.1) is 26.4 Å². The van der Waals surface area contributed by atoms with E-state index in [0.717, 1.165) is 31.6 Å². The lowest BCUT2D eigenvalue weighted by Crippen LogP contribution is -2.39. The fraction of sp³-hybridized carbons (Fsp3) is 0.611. The number of hydrogen-bond acceptors (Lipinski definition) is 3. The summed E-state index contributed by atoms with van der Waals surface area (Å²) in [5, 5.41) is 6.51. The van der Waals surface area contributed by atoms with Gasteiger partial charge >= 0.3 is 0 Å². The van der Waals surface area contributed by atoms with Crippen LogP contribution in [0.15, 0.2) is 35.3 Å². The van der Waals surface area contributed by atoms with Crippen LogP contribution >= 0.6 is 0 Å². The normalized spacial score (nSPS) is 14.7. The lowest BCUT2D eigenvalue weighted by molar-refractivity contribution is 0.125. The Morgan fingerprint density at radius 3 is 2.70 bits per heavy atom. The molecule has 1 aromatic carbocycles. The minimum absolute atomic E-state index is 0.644. The first kappa shape index (κ1) is 17.8. The molecule has 128 valence electrons. The Bertz CT molecular complexity index is 447. The molecule has 0 radical (unpaired) electrons. The first-order valence-corrected chi connectivity index (χ1v) is 8.60. The van der Waals surface area contributed by atoms with Crippen molar-refractivity contribution >= 4 is 5.96 Å². The highest BCUT2D eigenvalue weighted by atomic mass is 16.5. The summed E-state index contributed by atoms with van der Waals surface area (Å²) in [7, 11) is 0. The highest BCUT2D eigenvalue weighted by Crippen LogP contribution is 2.28. The number of nitrogens with zero attached hydrogens (tertiary/aromatic N) is 1. The molecule has 0 bridgehead atoms. The Kier molecular flexibility index (Phi) is 8.51. The van der Waals surface area contributed by atoms with E-state index in [4.69, 9.17) is 9.47 Å². The van der Waals surface area contributed by atoms with E-state index in [9.17, 15) is 0 Å². The van der Waals surface area contributed by atoms with Crippen LogP contribution in [0.4, 0.5) is 0 Å². The maximum Gasteiger partial charge on any atom is 0.191 e. The molecule has 0 saturated heterocycles. The van der Waals surface area contributed by atoms with Crippen LogP contribution in [0.5, 0.6) is 0 Å². The third kappa shape index (κ3) is 8.57. The second kappa shape index (κ2) is 11.0. The molecule has 0 atom stereocenters. The molecule has 1 fully saturated rings. The van der Waals surface area contributed by atoms with Crippen molar-refractivity contribution in [3.05, 3.63) is 35.9 Å². The molecule has 0 unspecified atom stereocenters. The first-order valence-electron chi connectivity index (χ1n) is 8.60. The van der Waals surface area contributed by atoms with Gasteiger partial charge in [0, 0.05) is 19.7 Å². The predicted molar refractivity (Wildman–Crippen MR) is 93.6 cm³/mol. The molecule has 0 spiro atoms. The van der Waals surface area contributed by atoms with Crippen molar-refractivity contribution in [1.82, 2.24) is 10.6 Å². The van der Waals surface area contributed by atoms with Crippen molar-refractivity contribution in [2.24, 2.45) is 10.9 Å².